The summed E-state index contributed by atoms with van der Waals surface area (Å²) in [5.74, 6) is -6.06. The van der Waals surface area contributed by atoms with Crippen molar-refractivity contribution in [1.29, 1.82) is 0 Å². The third-order valence-corrected chi connectivity index (χ3v) is 5.15. The fraction of sp³-hybridized carbons (Fsp3) is 0.136. The van der Waals surface area contributed by atoms with Crippen molar-refractivity contribution in [1.82, 2.24) is 0 Å². The molecular weight excluding hydrogens is 440 g/mol. The van der Waals surface area contributed by atoms with Gasteiger partial charge in [0.05, 0.1) is 5.56 Å². The number of fused-ring (bicyclic) bond motifs is 1. The molecule has 2 atom stereocenters. The maximum atomic E-state index is 12.7. The van der Waals surface area contributed by atoms with E-state index in [4.69, 9.17) is 9.47 Å². The smallest absolute Gasteiger partial charge is 0.338 e. The fourth-order valence-electron chi connectivity index (χ4n) is 3.55. The van der Waals surface area contributed by atoms with E-state index in [0.29, 0.717) is 0 Å². The summed E-state index contributed by atoms with van der Waals surface area (Å²) in [4.78, 5) is 12.7. The molecule has 172 valence electrons. The Kier molecular flexibility index (Phi) is 5.09. The molecule has 3 aromatic carbocycles. The molecule has 1 aliphatic heterocycles. The maximum absolute atomic E-state index is 12.7. The molecule has 1 aliphatic rings. The van der Waals surface area contributed by atoms with Gasteiger partial charge in [0.2, 0.25) is 0 Å². The molecule has 0 radical (unpaired) electrons. The third kappa shape index (κ3) is 3.87. The lowest BCUT2D eigenvalue weighted by Gasteiger charge is -2.34. The van der Waals surface area contributed by atoms with Gasteiger partial charge < -0.3 is 50.3 Å². The van der Waals surface area contributed by atoms with Gasteiger partial charge in [0.25, 0.3) is 0 Å². The van der Waals surface area contributed by atoms with Crippen molar-refractivity contribution in [3.63, 3.8) is 0 Å². The lowest BCUT2D eigenvalue weighted by molar-refractivity contribution is -0.0189. The molecule has 4 rings (SSSR count). The average molecular weight is 458 g/mol. The summed E-state index contributed by atoms with van der Waals surface area (Å²) in [7, 11) is 0. The second-order valence-electron chi connectivity index (χ2n) is 7.40. The number of rotatable bonds is 3. The number of hydrogen-bond acceptors (Lipinski definition) is 11. The van der Waals surface area contributed by atoms with Crippen LogP contribution in [0.15, 0.2) is 36.4 Å². The van der Waals surface area contributed by atoms with E-state index in [9.17, 15) is 45.6 Å². The van der Waals surface area contributed by atoms with E-state index in [-0.39, 0.29) is 40.4 Å². The van der Waals surface area contributed by atoms with Crippen molar-refractivity contribution in [2.45, 2.75) is 18.6 Å². The van der Waals surface area contributed by atoms with E-state index in [1.54, 1.807) is 0 Å². The van der Waals surface area contributed by atoms with Crippen molar-refractivity contribution in [2.24, 2.45) is 0 Å². The summed E-state index contributed by atoms with van der Waals surface area (Å²) in [6.45, 7) is 0. The zero-order valence-electron chi connectivity index (χ0n) is 16.6. The maximum Gasteiger partial charge on any atom is 0.338 e. The molecule has 0 unspecified atom stereocenters. The topological polar surface area (TPSA) is 197 Å². The van der Waals surface area contributed by atoms with Crippen LogP contribution in [-0.2, 0) is 11.2 Å². The van der Waals surface area contributed by atoms with Crippen LogP contribution < -0.4 is 4.74 Å². The zero-order valence-corrected chi connectivity index (χ0v) is 16.6. The van der Waals surface area contributed by atoms with Crippen molar-refractivity contribution >= 4 is 5.97 Å². The molecule has 11 nitrogen and oxygen atoms in total. The number of hydrogen-bond donors (Lipinski definition) is 8. The molecule has 0 spiro atoms. The van der Waals surface area contributed by atoms with Gasteiger partial charge in [0.15, 0.2) is 40.6 Å². The fourth-order valence-corrected chi connectivity index (χ4v) is 3.55. The SMILES string of the molecule is O=C(O[C@H]1Cc2c(O)cc(O)cc2O[C@@H]1c1cc(O)c(O)c(O)c1)c1cc(O)c(O)c(O)c1. The monoisotopic (exact) mass is 458 g/mol. The predicted octanol–water partition coefficient (Wildman–Crippen LogP) is 2.23. The molecule has 0 aromatic heterocycles. The Morgan fingerprint density at radius 1 is 0.758 bits per heavy atom. The summed E-state index contributed by atoms with van der Waals surface area (Å²) in [6.07, 6.45) is -2.49. The minimum atomic E-state index is -1.18. The molecule has 33 heavy (non-hydrogen) atoms. The highest BCUT2D eigenvalue weighted by Crippen LogP contribution is 2.46. The van der Waals surface area contributed by atoms with Crippen molar-refractivity contribution in [3.8, 4) is 51.7 Å². The van der Waals surface area contributed by atoms with Crippen LogP contribution in [0.1, 0.15) is 27.6 Å². The van der Waals surface area contributed by atoms with Gasteiger partial charge in [0.1, 0.15) is 23.4 Å². The Balaban J connectivity index is 1.75. The number of aromatic hydroxyl groups is 8. The van der Waals surface area contributed by atoms with Gasteiger partial charge in [-0.05, 0) is 24.3 Å². The number of ether oxygens (including phenoxy) is 2. The van der Waals surface area contributed by atoms with E-state index in [1.165, 1.54) is 6.07 Å². The van der Waals surface area contributed by atoms with E-state index >= 15 is 0 Å². The summed E-state index contributed by atoms with van der Waals surface area (Å²) >= 11 is 0. The minimum absolute atomic E-state index is 0.0526. The molecule has 0 amide bonds. The Labute approximate surface area is 185 Å². The Morgan fingerprint density at radius 2 is 1.30 bits per heavy atom. The van der Waals surface area contributed by atoms with Gasteiger partial charge in [-0.1, -0.05) is 0 Å². The first-order chi connectivity index (χ1) is 15.5. The normalized spacial score (nSPS) is 17.1. The number of carbonyl (C=O) groups is 1. The molecule has 0 aliphatic carbocycles. The van der Waals surface area contributed by atoms with Crippen LogP contribution in [-0.4, -0.2) is 52.9 Å². The van der Waals surface area contributed by atoms with Gasteiger partial charge in [-0.15, -0.1) is 0 Å². The van der Waals surface area contributed by atoms with Gasteiger partial charge in [0, 0.05) is 29.7 Å². The second kappa shape index (κ2) is 7.79. The van der Waals surface area contributed by atoms with Crippen molar-refractivity contribution < 1.29 is 55.1 Å². The molecular formula is C22H18O11. The first kappa shape index (κ1) is 21.6. The van der Waals surface area contributed by atoms with Gasteiger partial charge in [-0.25, -0.2) is 4.79 Å². The average Bonchev–Trinajstić information content (AvgIpc) is 2.75. The molecule has 0 fully saturated rings. The zero-order chi connectivity index (χ0) is 24.0. The van der Waals surface area contributed by atoms with E-state index in [0.717, 1.165) is 30.3 Å². The highest BCUT2D eigenvalue weighted by Gasteiger charge is 2.37. The van der Waals surface area contributed by atoms with Crippen molar-refractivity contribution in [3.05, 3.63) is 53.1 Å². The summed E-state index contributed by atoms with van der Waals surface area (Å²) in [5, 5.41) is 78.2. The molecule has 0 saturated carbocycles. The van der Waals surface area contributed by atoms with E-state index in [1.807, 2.05) is 0 Å². The summed E-state index contributed by atoms with van der Waals surface area (Å²) in [5.41, 5.74) is -0.0189. The molecule has 1 heterocycles. The van der Waals surface area contributed by atoms with Crippen molar-refractivity contribution in [2.75, 3.05) is 0 Å². The second-order valence-corrected chi connectivity index (χ2v) is 7.40. The highest BCUT2D eigenvalue weighted by atomic mass is 16.6. The number of carbonyl (C=O) groups excluding carboxylic acids is 1. The standard InChI is InChI=1S/C22H18O11/c23-10-5-12(24)11-7-18(33-22(31)9-3-15(27)20(30)16(28)4-9)21(32-17(11)6-10)8-1-13(25)19(29)14(26)2-8/h1-6,18,21,23-30H,7H2/t18-,21+/m0/s1. The lowest BCUT2D eigenvalue weighted by Crippen LogP contribution is -2.34. The highest BCUT2D eigenvalue weighted by molar-refractivity contribution is 5.91. The van der Waals surface area contributed by atoms with Crippen LogP contribution in [0.4, 0.5) is 0 Å². The number of phenols is 8. The number of phenolic OH excluding ortho intramolecular Hbond substituents is 8. The third-order valence-electron chi connectivity index (χ3n) is 5.15. The lowest BCUT2D eigenvalue weighted by atomic mass is 9.93. The van der Waals surface area contributed by atoms with Crippen LogP contribution in [0.3, 0.4) is 0 Å². The molecule has 0 saturated heterocycles. The van der Waals surface area contributed by atoms with E-state index in [2.05, 4.69) is 0 Å². The molecule has 0 bridgehead atoms. The minimum Gasteiger partial charge on any atom is -0.508 e. The Morgan fingerprint density at radius 3 is 1.88 bits per heavy atom. The van der Waals surface area contributed by atoms with Crippen LogP contribution in [0, 0.1) is 0 Å². The first-order valence-corrected chi connectivity index (χ1v) is 9.47. The van der Waals surface area contributed by atoms with Crippen LogP contribution >= 0.6 is 0 Å². The summed E-state index contributed by atoms with van der Waals surface area (Å²) in [6, 6.07) is 6.18. The molecule has 8 N–H and O–H groups in total. The largest absolute Gasteiger partial charge is 0.508 e. The van der Waals surface area contributed by atoms with Gasteiger partial charge in [-0.3, -0.25) is 0 Å². The number of esters is 1. The summed E-state index contributed by atoms with van der Waals surface area (Å²) < 4.78 is 11.3. The first-order valence-electron chi connectivity index (χ1n) is 9.47. The quantitative estimate of drug-likeness (QED) is 0.212. The Hall–Kier alpha value is -4.67. The molecule has 11 heteroatoms. The van der Waals surface area contributed by atoms with Crippen LogP contribution in [0.25, 0.3) is 0 Å². The van der Waals surface area contributed by atoms with Crippen LogP contribution in [0.5, 0.6) is 51.7 Å². The van der Waals surface area contributed by atoms with Crippen LogP contribution in [0.2, 0.25) is 0 Å². The van der Waals surface area contributed by atoms with Gasteiger partial charge in [-0.2, -0.15) is 0 Å². The van der Waals surface area contributed by atoms with E-state index < -0.39 is 52.7 Å². The Bertz CT molecular complexity index is 1220. The predicted molar refractivity (Wildman–Crippen MR) is 109 cm³/mol. The molecule has 3 aromatic rings. The van der Waals surface area contributed by atoms with Gasteiger partial charge >= 0.3 is 5.97 Å². The number of benzene rings is 3.